The quantitative estimate of drug-likeness (QED) is 0.543. The van der Waals surface area contributed by atoms with Crippen LogP contribution in [0.15, 0.2) is 0 Å². The van der Waals surface area contributed by atoms with Crippen LogP contribution in [0, 0.1) is 10.8 Å². The number of carbonyl (C=O) groups excluding carboxylic acids is 2. The minimum Gasteiger partial charge on any atom is -0.469 e. The van der Waals surface area contributed by atoms with Crippen LogP contribution in [0.25, 0.3) is 0 Å². The van der Waals surface area contributed by atoms with Crippen LogP contribution < -0.4 is 0 Å². The van der Waals surface area contributed by atoms with Crippen LogP contribution in [0.3, 0.4) is 0 Å². The number of methoxy groups -OCH3 is 1. The molecule has 0 amide bonds. The minimum absolute atomic E-state index is 0.295. The van der Waals surface area contributed by atoms with Gasteiger partial charge < -0.3 is 4.74 Å². The zero-order chi connectivity index (χ0) is 12.3. The summed E-state index contributed by atoms with van der Waals surface area (Å²) in [7, 11) is 1.35. The second kappa shape index (κ2) is 4.97. The van der Waals surface area contributed by atoms with Crippen LogP contribution in [-0.4, -0.2) is 18.3 Å². The molecule has 0 aliphatic heterocycles. The SMILES string of the molecule is CCC(C)(CC(C)(C)C(=O)Cl)C(=O)OC. The molecule has 0 aromatic rings. The molecule has 0 saturated carbocycles. The van der Waals surface area contributed by atoms with Crippen LogP contribution in [0.1, 0.15) is 40.5 Å². The Morgan fingerprint density at radius 1 is 1.27 bits per heavy atom. The number of halogens is 1. The fourth-order valence-corrected chi connectivity index (χ4v) is 1.70. The van der Waals surface area contributed by atoms with Gasteiger partial charge in [0.1, 0.15) is 0 Å². The first-order valence-corrected chi connectivity index (χ1v) is 5.36. The summed E-state index contributed by atoms with van der Waals surface area (Å²) in [6.07, 6.45) is 1.01. The molecule has 0 aliphatic carbocycles. The molecule has 0 bridgehead atoms. The van der Waals surface area contributed by atoms with Gasteiger partial charge in [-0.1, -0.05) is 20.8 Å². The second-order valence-corrected chi connectivity index (χ2v) is 5.08. The Bertz CT molecular complexity index is 261. The highest BCUT2D eigenvalue weighted by Crippen LogP contribution is 2.38. The second-order valence-electron chi connectivity index (χ2n) is 4.74. The molecule has 88 valence electrons. The summed E-state index contributed by atoms with van der Waals surface area (Å²) >= 11 is 5.49. The fourth-order valence-electron chi connectivity index (χ4n) is 1.63. The molecule has 0 spiro atoms. The van der Waals surface area contributed by atoms with Gasteiger partial charge in [-0.15, -0.1) is 0 Å². The van der Waals surface area contributed by atoms with Crippen LogP contribution in [0.4, 0.5) is 0 Å². The minimum atomic E-state index is -0.708. The number of ether oxygens (including phenoxy) is 1. The third-order valence-electron chi connectivity index (χ3n) is 2.82. The van der Waals surface area contributed by atoms with Gasteiger partial charge in [0.15, 0.2) is 0 Å². The van der Waals surface area contributed by atoms with Crippen molar-refractivity contribution in [2.75, 3.05) is 7.11 Å². The standard InChI is InChI=1S/C11H19ClO3/c1-6-11(4,9(14)15-5)7-10(2,3)8(12)13/h6-7H2,1-5H3. The highest BCUT2D eigenvalue weighted by atomic mass is 35.5. The zero-order valence-corrected chi connectivity index (χ0v) is 10.8. The number of carbonyl (C=O) groups is 2. The number of esters is 1. The molecule has 1 unspecified atom stereocenters. The van der Waals surface area contributed by atoms with Crippen molar-refractivity contribution in [2.45, 2.75) is 40.5 Å². The molecule has 0 aromatic heterocycles. The van der Waals surface area contributed by atoms with E-state index < -0.39 is 16.1 Å². The Morgan fingerprint density at radius 2 is 1.73 bits per heavy atom. The van der Waals surface area contributed by atoms with Crippen molar-refractivity contribution >= 4 is 22.8 Å². The summed E-state index contributed by atoms with van der Waals surface area (Å²) in [5.74, 6) is -0.295. The number of hydrogen-bond acceptors (Lipinski definition) is 3. The maximum atomic E-state index is 11.6. The molecule has 1 atom stereocenters. The van der Waals surface area contributed by atoms with Crippen molar-refractivity contribution in [3.63, 3.8) is 0 Å². The average Bonchev–Trinajstić information content (AvgIpc) is 2.15. The Kier molecular flexibility index (Phi) is 4.78. The third-order valence-corrected chi connectivity index (χ3v) is 3.33. The Labute approximate surface area is 96.1 Å². The van der Waals surface area contributed by atoms with Crippen molar-refractivity contribution in [1.82, 2.24) is 0 Å². The monoisotopic (exact) mass is 234 g/mol. The topological polar surface area (TPSA) is 43.4 Å². The lowest BCUT2D eigenvalue weighted by Gasteiger charge is -2.32. The molecule has 0 fully saturated rings. The molecule has 3 nitrogen and oxygen atoms in total. The van der Waals surface area contributed by atoms with Crippen LogP contribution in [0.2, 0.25) is 0 Å². The lowest BCUT2D eigenvalue weighted by atomic mass is 9.73. The van der Waals surface area contributed by atoms with E-state index in [1.54, 1.807) is 20.8 Å². The van der Waals surface area contributed by atoms with Gasteiger partial charge in [-0.05, 0) is 31.4 Å². The molecular weight excluding hydrogens is 216 g/mol. The molecule has 4 heteroatoms. The first-order valence-electron chi connectivity index (χ1n) is 4.98. The predicted octanol–water partition coefficient (Wildman–Crippen LogP) is 2.76. The van der Waals surface area contributed by atoms with E-state index in [-0.39, 0.29) is 5.97 Å². The number of hydrogen-bond donors (Lipinski definition) is 0. The summed E-state index contributed by atoms with van der Waals surface area (Å²) in [4.78, 5) is 22.8. The molecule has 0 heterocycles. The molecule has 0 radical (unpaired) electrons. The predicted molar refractivity (Wildman–Crippen MR) is 59.7 cm³/mol. The Balaban J connectivity index is 4.86. The van der Waals surface area contributed by atoms with Gasteiger partial charge in [0.05, 0.1) is 12.5 Å². The first kappa shape index (κ1) is 14.4. The van der Waals surface area contributed by atoms with Crippen molar-refractivity contribution < 1.29 is 14.3 Å². The van der Waals surface area contributed by atoms with Crippen molar-refractivity contribution in [1.29, 1.82) is 0 Å². The van der Waals surface area contributed by atoms with E-state index in [1.165, 1.54) is 7.11 Å². The van der Waals surface area contributed by atoms with E-state index in [1.807, 2.05) is 6.92 Å². The van der Waals surface area contributed by atoms with Crippen molar-refractivity contribution in [3.05, 3.63) is 0 Å². The zero-order valence-electron chi connectivity index (χ0n) is 10.0. The summed E-state index contributed by atoms with van der Waals surface area (Å²) in [5.41, 5.74) is -1.36. The van der Waals surface area contributed by atoms with Gasteiger partial charge in [-0.25, -0.2) is 0 Å². The van der Waals surface area contributed by atoms with Gasteiger partial charge >= 0.3 is 5.97 Å². The van der Waals surface area contributed by atoms with E-state index in [4.69, 9.17) is 16.3 Å². The van der Waals surface area contributed by atoms with E-state index in [0.717, 1.165) is 0 Å². The Hall–Kier alpha value is -0.570. The van der Waals surface area contributed by atoms with E-state index >= 15 is 0 Å². The van der Waals surface area contributed by atoms with Crippen LogP contribution in [0.5, 0.6) is 0 Å². The Morgan fingerprint density at radius 3 is 2.00 bits per heavy atom. The largest absolute Gasteiger partial charge is 0.469 e. The molecule has 0 N–H and O–H groups in total. The lowest BCUT2D eigenvalue weighted by molar-refractivity contribution is -0.154. The summed E-state index contributed by atoms with van der Waals surface area (Å²) < 4.78 is 4.74. The van der Waals surface area contributed by atoms with Gasteiger partial charge in [0.25, 0.3) is 0 Å². The summed E-state index contributed by atoms with van der Waals surface area (Å²) in [6, 6.07) is 0. The molecule has 0 aliphatic rings. The molecular formula is C11H19ClO3. The summed E-state index contributed by atoms with van der Waals surface area (Å²) in [6.45, 7) is 7.16. The maximum Gasteiger partial charge on any atom is 0.311 e. The highest BCUT2D eigenvalue weighted by molar-refractivity contribution is 6.64. The van der Waals surface area contributed by atoms with Crippen LogP contribution in [-0.2, 0) is 14.3 Å². The van der Waals surface area contributed by atoms with Gasteiger partial charge in [-0.2, -0.15) is 0 Å². The normalized spacial score (nSPS) is 15.6. The van der Waals surface area contributed by atoms with Crippen LogP contribution >= 0.6 is 11.6 Å². The van der Waals surface area contributed by atoms with Gasteiger partial charge in [0, 0.05) is 5.41 Å². The third kappa shape index (κ3) is 3.49. The lowest BCUT2D eigenvalue weighted by Crippen LogP contribution is -2.36. The molecule has 0 rings (SSSR count). The van der Waals surface area contributed by atoms with Gasteiger partial charge in [0.2, 0.25) is 5.24 Å². The van der Waals surface area contributed by atoms with Crippen molar-refractivity contribution in [3.8, 4) is 0 Å². The van der Waals surface area contributed by atoms with E-state index in [9.17, 15) is 9.59 Å². The van der Waals surface area contributed by atoms with Crippen molar-refractivity contribution in [2.24, 2.45) is 10.8 Å². The number of rotatable bonds is 5. The first-order chi connectivity index (χ1) is 6.69. The fraction of sp³-hybridized carbons (Fsp3) is 0.818. The van der Waals surface area contributed by atoms with E-state index in [0.29, 0.717) is 12.8 Å². The average molecular weight is 235 g/mol. The van der Waals surface area contributed by atoms with E-state index in [2.05, 4.69) is 0 Å². The molecule has 0 saturated heterocycles. The molecule has 15 heavy (non-hydrogen) atoms. The summed E-state index contributed by atoms with van der Waals surface area (Å²) in [5, 5.41) is -0.425. The smallest absolute Gasteiger partial charge is 0.311 e. The maximum absolute atomic E-state index is 11.6. The molecule has 0 aromatic carbocycles. The highest BCUT2D eigenvalue weighted by Gasteiger charge is 2.41. The van der Waals surface area contributed by atoms with Gasteiger partial charge in [-0.3, -0.25) is 9.59 Å².